The van der Waals surface area contributed by atoms with E-state index < -0.39 is 15.8 Å². The number of benzene rings is 2. The second-order valence-corrected chi connectivity index (χ2v) is 8.32. The van der Waals surface area contributed by atoms with E-state index in [9.17, 15) is 17.2 Å². The molecule has 1 heterocycles. The lowest BCUT2D eigenvalue weighted by atomic mass is 10.2. The molecule has 0 aromatic heterocycles. The van der Waals surface area contributed by atoms with Crippen molar-refractivity contribution in [1.82, 2.24) is 9.62 Å². The molecular weight excluding hydrogens is 372 g/mol. The molecule has 5 nitrogen and oxygen atoms in total. The third kappa shape index (κ3) is 4.82. The predicted octanol–water partition coefficient (Wildman–Crippen LogP) is 2.37. The minimum absolute atomic E-state index is 0.0353. The van der Waals surface area contributed by atoms with Crippen LogP contribution < -0.4 is 9.62 Å². The summed E-state index contributed by atoms with van der Waals surface area (Å²) in [6, 6.07) is 10.4. The Morgan fingerprint density at radius 1 is 1.04 bits per heavy atom. The summed E-state index contributed by atoms with van der Waals surface area (Å²) < 4.78 is 54.5. The Labute approximate surface area is 158 Å². The molecule has 146 valence electrons. The Morgan fingerprint density at radius 3 is 2.44 bits per heavy atom. The van der Waals surface area contributed by atoms with Gasteiger partial charge in [0.2, 0.25) is 10.0 Å². The molecule has 1 fully saturated rings. The first-order chi connectivity index (χ1) is 12.9. The maximum atomic E-state index is 13.9. The molecule has 1 aliphatic rings. The van der Waals surface area contributed by atoms with Crippen molar-refractivity contribution in [1.29, 1.82) is 0 Å². The number of nitrogens with one attached hydrogen (secondary N) is 1. The van der Waals surface area contributed by atoms with Crippen LogP contribution in [-0.2, 0) is 10.0 Å². The summed E-state index contributed by atoms with van der Waals surface area (Å²) in [5.41, 5.74) is 1.10. The number of rotatable bonds is 6. The highest BCUT2D eigenvalue weighted by Crippen LogP contribution is 2.20. The number of sulfonamides is 1. The van der Waals surface area contributed by atoms with Gasteiger partial charge in [-0.2, -0.15) is 0 Å². The van der Waals surface area contributed by atoms with Crippen LogP contribution in [-0.4, -0.2) is 52.6 Å². The van der Waals surface area contributed by atoms with Crippen molar-refractivity contribution >= 4 is 15.7 Å². The Bertz CT molecular complexity index is 898. The molecule has 2 aromatic rings. The summed E-state index contributed by atoms with van der Waals surface area (Å²) in [4.78, 5) is 4.08. The van der Waals surface area contributed by atoms with Gasteiger partial charge >= 0.3 is 0 Å². The number of hydrogen-bond donors (Lipinski definition) is 1. The number of piperazine rings is 1. The quantitative estimate of drug-likeness (QED) is 0.816. The van der Waals surface area contributed by atoms with Crippen LogP contribution in [0.4, 0.5) is 14.5 Å². The van der Waals surface area contributed by atoms with E-state index in [0.29, 0.717) is 30.9 Å². The zero-order chi connectivity index (χ0) is 19.4. The van der Waals surface area contributed by atoms with Crippen LogP contribution in [0, 0.1) is 18.6 Å². The fourth-order valence-electron chi connectivity index (χ4n) is 3.20. The lowest BCUT2D eigenvalue weighted by Gasteiger charge is -2.36. The van der Waals surface area contributed by atoms with Gasteiger partial charge in [0.25, 0.3) is 0 Å². The van der Waals surface area contributed by atoms with E-state index >= 15 is 0 Å². The maximum absolute atomic E-state index is 13.9. The zero-order valence-corrected chi connectivity index (χ0v) is 16.0. The molecule has 0 spiro atoms. The minimum atomic E-state index is -3.75. The predicted molar refractivity (Wildman–Crippen MR) is 101 cm³/mol. The summed E-state index contributed by atoms with van der Waals surface area (Å²) in [6.07, 6.45) is 0. The van der Waals surface area contributed by atoms with Gasteiger partial charge in [0.15, 0.2) is 0 Å². The lowest BCUT2D eigenvalue weighted by molar-refractivity contribution is 0.261. The van der Waals surface area contributed by atoms with Crippen LogP contribution in [0.1, 0.15) is 5.56 Å². The van der Waals surface area contributed by atoms with Gasteiger partial charge in [0.05, 0.1) is 10.6 Å². The SMILES string of the molecule is Cc1ccc(F)cc1S(=O)(=O)NCCN1CCN(c2ccccc2F)CC1. The van der Waals surface area contributed by atoms with Crippen molar-refractivity contribution in [3.63, 3.8) is 0 Å². The van der Waals surface area contributed by atoms with Crippen LogP contribution >= 0.6 is 0 Å². The fourth-order valence-corrected chi connectivity index (χ4v) is 4.48. The topological polar surface area (TPSA) is 52.7 Å². The van der Waals surface area contributed by atoms with Gasteiger partial charge in [0, 0.05) is 39.3 Å². The largest absolute Gasteiger partial charge is 0.367 e. The van der Waals surface area contributed by atoms with Crippen LogP contribution in [0.15, 0.2) is 47.4 Å². The first kappa shape index (κ1) is 19.7. The lowest BCUT2D eigenvalue weighted by Crippen LogP contribution is -2.48. The second-order valence-electron chi connectivity index (χ2n) is 6.59. The molecular formula is C19H23F2N3O2S. The Balaban J connectivity index is 1.50. The fraction of sp³-hybridized carbons (Fsp3) is 0.368. The summed E-state index contributed by atoms with van der Waals surface area (Å²) >= 11 is 0. The van der Waals surface area contributed by atoms with Gasteiger partial charge in [-0.05, 0) is 36.8 Å². The highest BCUT2D eigenvalue weighted by atomic mass is 32.2. The van der Waals surface area contributed by atoms with Crippen molar-refractivity contribution in [2.24, 2.45) is 0 Å². The van der Waals surface area contributed by atoms with Gasteiger partial charge in [-0.3, -0.25) is 4.90 Å². The molecule has 0 atom stereocenters. The molecule has 1 N–H and O–H groups in total. The molecule has 0 bridgehead atoms. The molecule has 0 saturated carbocycles. The smallest absolute Gasteiger partial charge is 0.240 e. The van der Waals surface area contributed by atoms with Gasteiger partial charge < -0.3 is 4.90 Å². The monoisotopic (exact) mass is 395 g/mol. The molecule has 1 aliphatic heterocycles. The summed E-state index contributed by atoms with van der Waals surface area (Å²) in [7, 11) is -3.75. The normalized spacial score (nSPS) is 15.9. The number of para-hydroxylation sites is 1. The number of halogens is 2. The summed E-state index contributed by atoms with van der Waals surface area (Å²) in [5, 5.41) is 0. The van der Waals surface area contributed by atoms with Gasteiger partial charge in [-0.25, -0.2) is 21.9 Å². The molecule has 0 unspecified atom stereocenters. The molecule has 2 aromatic carbocycles. The van der Waals surface area contributed by atoms with Crippen LogP contribution in [0.25, 0.3) is 0 Å². The van der Waals surface area contributed by atoms with Crippen molar-refractivity contribution < 1.29 is 17.2 Å². The third-order valence-corrected chi connectivity index (χ3v) is 6.33. The van der Waals surface area contributed by atoms with E-state index in [-0.39, 0.29) is 17.3 Å². The van der Waals surface area contributed by atoms with Crippen molar-refractivity contribution in [2.75, 3.05) is 44.2 Å². The van der Waals surface area contributed by atoms with Crippen molar-refractivity contribution in [2.45, 2.75) is 11.8 Å². The number of aryl methyl sites for hydroxylation is 1. The summed E-state index contributed by atoms with van der Waals surface area (Å²) in [6.45, 7) is 5.20. The van der Waals surface area contributed by atoms with E-state index in [2.05, 4.69) is 9.62 Å². The Morgan fingerprint density at radius 2 is 1.74 bits per heavy atom. The minimum Gasteiger partial charge on any atom is -0.367 e. The van der Waals surface area contributed by atoms with E-state index in [0.717, 1.165) is 19.2 Å². The first-order valence-corrected chi connectivity index (χ1v) is 10.3. The van der Waals surface area contributed by atoms with Gasteiger partial charge in [-0.1, -0.05) is 18.2 Å². The molecule has 0 amide bonds. The number of hydrogen-bond acceptors (Lipinski definition) is 4. The maximum Gasteiger partial charge on any atom is 0.240 e. The average Bonchev–Trinajstić information content (AvgIpc) is 2.65. The Kier molecular flexibility index (Phi) is 6.08. The molecule has 0 radical (unpaired) electrons. The zero-order valence-electron chi connectivity index (χ0n) is 15.2. The highest BCUT2D eigenvalue weighted by Gasteiger charge is 2.21. The molecule has 1 saturated heterocycles. The number of nitrogens with zero attached hydrogens (tertiary/aromatic N) is 2. The molecule has 8 heteroatoms. The van der Waals surface area contributed by atoms with Crippen molar-refractivity contribution in [3.05, 3.63) is 59.7 Å². The third-order valence-electron chi connectivity index (χ3n) is 4.73. The van der Waals surface area contributed by atoms with Crippen LogP contribution in [0.2, 0.25) is 0 Å². The van der Waals surface area contributed by atoms with Gasteiger partial charge in [0.1, 0.15) is 11.6 Å². The molecule has 27 heavy (non-hydrogen) atoms. The van der Waals surface area contributed by atoms with Gasteiger partial charge in [-0.15, -0.1) is 0 Å². The molecule has 3 rings (SSSR count). The standard InChI is InChI=1S/C19H23F2N3O2S/c1-15-6-7-16(20)14-19(15)27(25,26)22-8-9-23-10-12-24(13-11-23)18-5-3-2-4-17(18)21/h2-7,14,22H,8-13H2,1H3. The number of anilines is 1. The van der Waals surface area contributed by atoms with Crippen molar-refractivity contribution in [3.8, 4) is 0 Å². The molecule has 0 aliphatic carbocycles. The van der Waals surface area contributed by atoms with Crippen LogP contribution in [0.5, 0.6) is 0 Å². The van der Waals surface area contributed by atoms with E-state index in [1.807, 2.05) is 11.0 Å². The first-order valence-electron chi connectivity index (χ1n) is 8.84. The van der Waals surface area contributed by atoms with E-state index in [1.165, 1.54) is 18.2 Å². The average molecular weight is 395 g/mol. The van der Waals surface area contributed by atoms with E-state index in [1.54, 1.807) is 19.1 Å². The second kappa shape index (κ2) is 8.33. The van der Waals surface area contributed by atoms with E-state index in [4.69, 9.17) is 0 Å². The summed E-state index contributed by atoms with van der Waals surface area (Å²) in [5.74, 6) is -0.811. The Hall–Kier alpha value is -2.03. The highest BCUT2D eigenvalue weighted by molar-refractivity contribution is 7.89. The van der Waals surface area contributed by atoms with Crippen LogP contribution in [0.3, 0.4) is 0 Å².